The summed E-state index contributed by atoms with van der Waals surface area (Å²) in [7, 11) is 0. The second kappa shape index (κ2) is 7.63. The Morgan fingerprint density at radius 3 is 2.28 bits per heavy atom. The predicted octanol–water partition coefficient (Wildman–Crippen LogP) is 3.88. The number of nitrogens with one attached hydrogen (secondary N) is 1. The van der Waals surface area contributed by atoms with E-state index in [1.54, 1.807) is 0 Å². The number of unbranched alkanes of at least 4 members (excludes halogenated alkanes) is 2. The highest BCUT2D eigenvalue weighted by atomic mass is 19.4. The van der Waals surface area contributed by atoms with Gasteiger partial charge in [0, 0.05) is 13.1 Å². The van der Waals surface area contributed by atoms with Gasteiger partial charge in [0.05, 0.1) is 6.07 Å². The third-order valence-electron chi connectivity index (χ3n) is 2.96. The second-order valence-corrected chi connectivity index (χ2v) is 5.48. The van der Waals surface area contributed by atoms with Crippen molar-refractivity contribution in [2.75, 3.05) is 13.1 Å². The van der Waals surface area contributed by atoms with Crippen LogP contribution >= 0.6 is 0 Å². The van der Waals surface area contributed by atoms with Crippen molar-refractivity contribution in [1.82, 2.24) is 5.32 Å². The summed E-state index contributed by atoms with van der Waals surface area (Å²) in [5.74, 6) is -1.91. The van der Waals surface area contributed by atoms with Gasteiger partial charge in [-0.15, -0.1) is 0 Å². The highest BCUT2D eigenvalue weighted by molar-refractivity contribution is 4.90. The number of rotatable bonds is 8. The van der Waals surface area contributed by atoms with Crippen molar-refractivity contribution in [3.8, 4) is 6.07 Å². The van der Waals surface area contributed by atoms with Crippen LogP contribution in [-0.4, -0.2) is 19.3 Å². The van der Waals surface area contributed by atoms with E-state index in [4.69, 9.17) is 5.26 Å². The summed E-state index contributed by atoms with van der Waals surface area (Å²) in [5.41, 5.74) is -0.0270. The zero-order valence-corrected chi connectivity index (χ0v) is 11.4. The van der Waals surface area contributed by atoms with Crippen LogP contribution in [0.3, 0.4) is 0 Å². The SMILES string of the molecule is CCCCCC(C)(C)CNCC(C#N)C(F)(F)F. The maximum absolute atomic E-state index is 12.3. The normalized spacial score (nSPS) is 14.3. The van der Waals surface area contributed by atoms with E-state index in [-0.39, 0.29) is 12.0 Å². The van der Waals surface area contributed by atoms with Gasteiger partial charge in [0.1, 0.15) is 0 Å². The van der Waals surface area contributed by atoms with Crippen LogP contribution in [0.1, 0.15) is 46.5 Å². The predicted molar refractivity (Wildman–Crippen MR) is 66.0 cm³/mol. The lowest BCUT2D eigenvalue weighted by molar-refractivity contribution is -0.157. The molecule has 0 fully saturated rings. The Morgan fingerprint density at radius 2 is 1.83 bits per heavy atom. The third-order valence-corrected chi connectivity index (χ3v) is 2.96. The zero-order valence-electron chi connectivity index (χ0n) is 11.4. The number of nitriles is 1. The highest BCUT2D eigenvalue weighted by Crippen LogP contribution is 2.26. The Kier molecular flexibility index (Phi) is 7.30. The molecule has 0 aromatic carbocycles. The minimum Gasteiger partial charge on any atom is -0.315 e. The molecular formula is C13H23F3N2. The van der Waals surface area contributed by atoms with Crippen LogP contribution in [0.25, 0.3) is 0 Å². The van der Waals surface area contributed by atoms with E-state index in [0.717, 1.165) is 25.7 Å². The van der Waals surface area contributed by atoms with Gasteiger partial charge in [0.15, 0.2) is 5.92 Å². The molecule has 106 valence electrons. The number of hydrogen-bond acceptors (Lipinski definition) is 2. The molecule has 0 aliphatic heterocycles. The Bertz CT molecular complexity index is 266. The molecule has 0 saturated heterocycles. The molecule has 0 bridgehead atoms. The number of hydrogen-bond donors (Lipinski definition) is 1. The monoisotopic (exact) mass is 264 g/mol. The first kappa shape index (κ1) is 17.2. The smallest absolute Gasteiger partial charge is 0.315 e. The van der Waals surface area contributed by atoms with Gasteiger partial charge in [-0.3, -0.25) is 0 Å². The lowest BCUT2D eigenvalue weighted by Gasteiger charge is -2.26. The second-order valence-electron chi connectivity index (χ2n) is 5.48. The zero-order chi connectivity index (χ0) is 14.2. The largest absolute Gasteiger partial charge is 0.405 e. The minimum absolute atomic E-state index is 0.0270. The van der Waals surface area contributed by atoms with Crippen molar-refractivity contribution < 1.29 is 13.2 Å². The van der Waals surface area contributed by atoms with E-state index in [9.17, 15) is 13.2 Å². The Labute approximate surface area is 108 Å². The lowest BCUT2D eigenvalue weighted by Crippen LogP contribution is -2.37. The summed E-state index contributed by atoms with van der Waals surface area (Å²) in [6.45, 7) is 6.36. The molecular weight excluding hydrogens is 241 g/mol. The quantitative estimate of drug-likeness (QED) is 0.675. The summed E-state index contributed by atoms with van der Waals surface area (Å²) in [6, 6.07) is 1.29. The van der Waals surface area contributed by atoms with Crippen LogP contribution in [-0.2, 0) is 0 Å². The molecule has 0 aliphatic carbocycles. The molecule has 0 heterocycles. The van der Waals surface area contributed by atoms with Gasteiger partial charge in [0.2, 0.25) is 0 Å². The van der Waals surface area contributed by atoms with Gasteiger partial charge in [-0.2, -0.15) is 18.4 Å². The molecule has 0 aromatic rings. The first-order valence-corrected chi connectivity index (χ1v) is 6.40. The van der Waals surface area contributed by atoms with Crippen LogP contribution in [0.5, 0.6) is 0 Å². The molecule has 0 rings (SSSR count). The molecule has 1 N–H and O–H groups in total. The fraction of sp³-hybridized carbons (Fsp3) is 0.923. The fourth-order valence-electron chi connectivity index (χ4n) is 1.73. The van der Waals surface area contributed by atoms with Crippen molar-refractivity contribution in [3.63, 3.8) is 0 Å². The van der Waals surface area contributed by atoms with E-state index >= 15 is 0 Å². The van der Waals surface area contributed by atoms with E-state index in [2.05, 4.69) is 12.2 Å². The molecule has 0 spiro atoms. The molecule has 5 heteroatoms. The minimum atomic E-state index is -4.44. The van der Waals surface area contributed by atoms with E-state index in [1.165, 1.54) is 6.07 Å². The van der Waals surface area contributed by atoms with Gasteiger partial charge < -0.3 is 5.32 Å². The summed E-state index contributed by atoms with van der Waals surface area (Å²) in [6.07, 6.45) is -0.0851. The van der Waals surface area contributed by atoms with E-state index < -0.39 is 12.1 Å². The molecule has 0 radical (unpaired) electrons. The molecule has 18 heavy (non-hydrogen) atoms. The van der Waals surface area contributed by atoms with Crippen LogP contribution in [0.4, 0.5) is 13.2 Å². The first-order valence-electron chi connectivity index (χ1n) is 6.40. The Hall–Kier alpha value is -0.760. The molecule has 0 amide bonds. The van der Waals surface area contributed by atoms with Gasteiger partial charge in [-0.05, 0) is 11.8 Å². The fourth-order valence-corrected chi connectivity index (χ4v) is 1.73. The number of alkyl halides is 3. The average Bonchev–Trinajstić information content (AvgIpc) is 2.22. The van der Waals surface area contributed by atoms with Crippen LogP contribution in [0.2, 0.25) is 0 Å². The van der Waals surface area contributed by atoms with Gasteiger partial charge in [-0.1, -0.05) is 40.0 Å². The summed E-state index contributed by atoms with van der Waals surface area (Å²) >= 11 is 0. The standard InChI is InChI=1S/C13H23F3N2/c1-4-5-6-7-12(2,3)10-18-9-11(8-17)13(14,15)16/h11,18H,4-7,9-10H2,1-3H3. The van der Waals surface area contributed by atoms with Crippen molar-refractivity contribution >= 4 is 0 Å². The third kappa shape index (κ3) is 7.54. The van der Waals surface area contributed by atoms with Gasteiger partial charge >= 0.3 is 6.18 Å². The summed E-state index contributed by atoms with van der Waals surface area (Å²) in [5, 5.41) is 11.2. The average molecular weight is 264 g/mol. The Morgan fingerprint density at radius 1 is 1.22 bits per heavy atom. The van der Waals surface area contributed by atoms with Gasteiger partial charge in [-0.25, -0.2) is 0 Å². The number of halogens is 3. The molecule has 2 nitrogen and oxygen atoms in total. The Balaban J connectivity index is 3.98. The van der Waals surface area contributed by atoms with Crippen LogP contribution < -0.4 is 5.32 Å². The van der Waals surface area contributed by atoms with Crippen molar-refractivity contribution in [2.45, 2.75) is 52.6 Å². The molecule has 0 saturated carbocycles. The molecule has 0 aromatic heterocycles. The van der Waals surface area contributed by atoms with E-state index in [1.807, 2.05) is 13.8 Å². The van der Waals surface area contributed by atoms with Crippen LogP contribution in [0, 0.1) is 22.7 Å². The summed E-state index contributed by atoms with van der Waals surface area (Å²) in [4.78, 5) is 0. The molecule has 1 unspecified atom stereocenters. The van der Waals surface area contributed by atoms with E-state index in [0.29, 0.717) is 6.54 Å². The molecule has 1 atom stereocenters. The topological polar surface area (TPSA) is 35.8 Å². The highest BCUT2D eigenvalue weighted by Gasteiger charge is 2.39. The maximum atomic E-state index is 12.3. The van der Waals surface area contributed by atoms with Crippen molar-refractivity contribution in [3.05, 3.63) is 0 Å². The van der Waals surface area contributed by atoms with Crippen LogP contribution in [0.15, 0.2) is 0 Å². The lowest BCUT2D eigenvalue weighted by atomic mass is 9.87. The first-order chi connectivity index (χ1) is 8.23. The summed E-state index contributed by atoms with van der Waals surface area (Å²) < 4.78 is 37.0. The van der Waals surface area contributed by atoms with Gasteiger partial charge in [0.25, 0.3) is 0 Å². The van der Waals surface area contributed by atoms with Crippen molar-refractivity contribution in [1.29, 1.82) is 5.26 Å². The van der Waals surface area contributed by atoms with Crippen molar-refractivity contribution in [2.24, 2.45) is 11.3 Å². The molecule has 0 aliphatic rings. The maximum Gasteiger partial charge on any atom is 0.405 e. The number of nitrogens with zero attached hydrogens (tertiary/aromatic N) is 1.